The summed E-state index contributed by atoms with van der Waals surface area (Å²) in [5, 5.41) is 9.76. The smallest absolute Gasteiger partial charge is 0.231 e. The van der Waals surface area contributed by atoms with Crippen LogP contribution in [0.1, 0.15) is 18.4 Å². The Balaban J connectivity index is 1.85. The van der Waals surface area contributed by atoms with Gasteiger partial charge in [0, 0.05) is 6.42 Å². The second-order valence-corrected chi connectivity index (χ2v) is 4.09. The van der Waals surface area contributed by atoms with E-state index in [1.165, 1.54) is 0 Å². The quantitative estimate of drug-likeness (QED) is 0.771. The summed E-state index contributed by atoms with van der Waals surface area (Å²) in [7, 11) is 0. The van der Waals surface area contributed by atoms with Crippen LogP contribution in [0.5, 0.6) is 11.5 Å². The fourth-order valence-electron chi connectivity index (χ4n) is 1.75. The Bertz CT molecular complexity index is 369. The molecule has 1 aliphatic carbocycles. The highest BCUT2D eigenvalue weighted by Crippen LogP contribution is 2.40. The lowest BCUT2D eigenvalue weighted by Crippen LogP contribution is -2.10. The highest BCUT2D eigenvalue weighted by molar-refractivity contribution is 5.45. The average molecular weight is 192 g/mol. The molecule has 0 aromatic heterocycles. The highest BCUT2D eigenvalue weighted by atomic mass is 16.7. The molecule has 1 aliphatic heterocycles. The number of benzene rings is 1. The average Bonchev–Trinajstić information content (AvgIpc) is 2.73. The molecule has 74 valence electrons. The standard InChI is InChI=1S/C11H12O3/c12-11(3-4-11)6-8-1-2-9-10(5-8)14-7-13-9/h1-2,5,12H,3-4,6-7H2. The van der Waals surface area contributed by atoms with Crippen molar-refractivity contribution >= 4 is 0 Å². The molecule has 1 N–H and O–H groups in total. The molecule has 0 saturated heterocycles. The maximum absolute atomic E-state index is 9.76. The molecule has 2 aliphatic rings. The van der Waals surface area contributed by atoms with Gasteiger partial charge in [-0.3, -0.25) is 0 Å². The van der Waals surface area contributed by atoms with Gasteiger partial charge in [-0.1, -0.05) is 6.07 Å². The Morgan fingerprint density at radius 2 is 2.00 bits per heavy atom. The van der Waals surface area contributed by atoms with E-state index in [0.29, 0.717) is 6.79 Å². The Morgan fingerprint density at radius 1 is 1.21 bits per heavy atom. The summed E-state index contributed by atoms with van der Waals surface area (Å²) < 4.78 is 10.5. The summed E-state index contributed by atoms with van der Waals surface area (Å²) in [4.78, 5) is 0. The number of hydrogen-bond donors (Lipinski definition) is 1. The van der Waals surface area contributed by atoms with Crippen LogP contribution in [-0.2, 0) is 6.42 Å². The van der Waals surface area contributed by atoms with Crippen molar-refractivity contribution in [3.05, 3.63) is 23.8 Å². The number of fused-ring (bicyclic) bond motifs is 1. The summed E-state index contributed by atoms with van der Waals surface area (Å²) in [6.45, 7) is 0.309. The highest BCUT2D eigenvalue weighted by Gasteiger charge is 2.40. The van der Waals surface area contributed by atoms with E-state index in [9.17, 15) is 5.11 Å². The Hall–Kier alpha value is -1.22. The SMILES string of the molecule is OC1(Cc2ccc3c(c2)OCO3)CC1. The second-order valence-electron chi connectivity index (χ2n) is 4.09. The molecule has 0 spiro atoms. The van der Waals surface area contributed by atoms with Gasteiger partial charge in [0.2, 0.25) is 6.79 Å². The van der Waals surface area contributed by atoms with Crippen LogP contribution in [-0.4, -0.2) is 17.5 Å². The monoisotopic (exact) mass is 192 g/mol. The van der Waals surface area contributed by atoms with E-state index < -0.39 is 5.60 Å². The van der Waals surface area contributed by atoms with Gasteiger partial charge in [-0.15, -0.1) is 0 Å². The van der Waals surface area contributed by atoms with Crippen molar-refractivity contribution < 1.29 is 14.6 Å². The molecule has 0 atom stereocenters. The van der Waals surface area contributed by atoms with Crippen LogP contribution >= 0.6 is 0 Å². The number of aliphatic hydroxyl groups is 1. The summed E-state index contributed by atoms with van der Waals surface area (Å²) in [5.41, 5.74) is 0.683. The third-order valence-corrected chi connectivity index (χ3v) is 2.80. The fourth-order valence-corrected chi connectivity index (χ4v) is 1.75. The molecule has 3 rings (SSSR count). The molecule has 1 heterocycles. The van der Waals surface area contributed by atoms with E-state index in [1.54, 1.807) is 0 Å². The van der Waals surface area contributed by atoms with Crippen LogP contribution in [0.15, 0.2) is 18.2 Å². The van der Waals surface area contributed by atoms with E-state index in [0.717, 1.165) is 36.3 Å². The summed E-state index contributed by atoms with van der Waals surface area (Å²) >= 11 is 0. The van der Waals surface area contributed by atoms with Crippen LogP contribution in [0.2, 0.25) is 0 Å². The van der Waals surface area contributed by atoms with Gasteiger partial charge in [0.05, 0.1) is 5.60 Å². The van der Waals surface area contributed by atoms with Crippen LogP contribution in [0.4, 0.5) is 0 Å². The maximum Gasteiger partial charge on any atom is 0.231 e. The first kappa shape index (κ1) is 8.12. The van der Waals surface area contributed by atoms with Crippen molar-refractivity contribution in [2.24, 2.45) is 0 Å². The second kappa shape index (κ2) is 2.64. The fraction of sp³-hybridized carbons (Fsp3) is 0.455. The zero-order chi connectivity index (χ0) is 9.60. The number of ether oxygens (including phenoxy) is 2. The Labute approximate surface area is 82.3 Å². The zero-order valence-electron chi connectivity index (χ0n) is 7.82. The molecule has 0 bridgehead atoms. The molecule has 0 radical (unpaired) electrons. The molecule has 1 aromatic carbocycles. The number of rotatable bonds is 2. The van der Waals surface area contributed by atoms with E-state index in [4.69, 9.17) is 9.47 Å². The van der Waals surface area contributed by atoms with Crippen molar-refractivity contribution in [3.63, 3.8) is 0 Å². The molecule has 3 nitrogen and oxygen atoms in total. The van der Waals surface area contributed by atoms with Crippen molar-refractivity contribution in [2.45, 2.75) is 24.9 Å². The van der Waals surface area contributed by atoms with Gasteiger partial charge in [0.15, 0.2) is 11.5 Å². The lowest BCUT2D eigenvalue weighted by Gasteiger charge is -2.07. The first-order chi connectivity index (χ1) is 6.75. The predicted molar refractivity (Wildman–Crippen MR) is 50.5 cm³/mol. The first-order valence-corrected chi connectivity index (χ1v) is 4.86. The van der Waals surface area contributed by atoms with E-state index in [2.05, 4.69) is 0 Å². The minimum Gasteiger partial charge on any atom is -0.454 e. The predicted octanol–water partition coefficient (Wildman–Crippen LogP) is 1.48. The van der Waals surface area contributed by atoms with Crippen molar-refractivity contribution in [1.29, 1.82) is 0 Å². The zero-order valence-corrected chi connectivity index (χ0v) is 7.82. The van der Waals surface area contributed by atoms with Crippen molar-refractivity contribution in [3.8, 4) is 11.5 Å². The van der Waals surface area contributed by atoms with Gasteiger partial charge < -0.3 is 14.6 Å². The molecular formula is C11H12O3. The molecule has 0 unspecified atom stereocenters. The van der Waals surface area contributed by atoms with Gasteiger partial charge in [-0.25, -0.2) is 0 Å². The van der Waals surface area contributed by atoms with Crippen molar-refractivity contribution in [1.82, 2.24) is 0 Å². The minimum atomic E-state index is -0.437. The summed E-state index contributed by atoms with van der Waals surface area (Å²) in [6.07, 6.45) is 2.56. The van der Waals surface area contributed by atoms with Gasteiger partial charge in [0.1, 0.15) is 0 Å². The minimum absolute atomic E-state index is 0.309. The molecular weight excluding hydrogens is 180 g/mol. The van der Waals surface area contributed by atoms with Crippen LogP contribution in [0.3, 0.4) is 0 Å². The third kappa shape index (κ3) is 1.34. The summed E-state index contributed by atoms with van der Waals surface area (Å²) in [5.74, 6) is 1.60. The lowest BCUT2D eigenvalue weighted by molar-refractivity contribution is 0.151. The van der Waals surface area contributed by atoms with Crippen LogP contribution in [0.25, 0.3) is 0 Å². The molecule has 14 heavy (non-hydrogen) atoms. The molecule has 3 heteroatoms. The van der Waals surface area contributed by atoms with E-state index in [-0.39, 0.29) is 0 Å². The third-order valence-electron chi connectivity index (χ3n) is 2.80. The lowest BCUT2D eigenvalue weighted by atomic mass is 10.1. The van der Waals surface area contributed by atoms with Gasteiger partial charge >= 0.3 is 0 Å². The molecule has 0 amide bonds. The number of hydrogen-bond acceptors (Lipinski definition) is 3. The Morgan fingerprint density at radius 3 is 2.79 bits per heavy atom. The molecule has 1 fully saturated rings. The van der Waals surface area contributed by atoms with Gasteiger partial charge in [-0.05, 0) is 30.5 Å². The van der Waals surface area contributed by atoms with Crippen LogP contribution < -0.4 is 9.47 Å². The van der Waals surface area contributed by atoms with Gasteiger partial charge in [0.25, 0.3) is 0 Å². The maximum atomic E-state index is 9.76. The first-order valence-electron chi connectivity index (χ1n) is 4.86. The van der Waals surface area contributed by atoms with Gasteiger partial charge in [-0.2, -0.15) is 0 Å². The Kier molecular flexibility index (Phi) is 1.53. The van der Waals surface area contributed by atoms with Crippen molar-refractivity contribution in [2.75, 3.05) is 6.79 Å². The molecule has 1 saturated carbocycles. The van der Waals surface area contributed by atoms with Crippen LogP contribution in [0, 0.1) is 0 Å². The largest absolute Gasteiger partial charge is 0.454 e. The summed E-state index contributed by atoms with van der Waals surface area (Å²) in [6, 6.07) is 5.85. The van der Waals surface area contributed by atoms with E-state index >= 15 is 0 Å². The normalized spacial score (nSPS) is 20.9. The molecule has 1 aromatic rings. The van der Waals surface area contributed by atoms with E-state index in [1.807, 2.05) is 18.2 Å². The topological polar surface area (TPSA) is 38.7 Å².